The van der Waals surface area contributed by atoms with E-state index in [2.05, 4.69) is 5.32 Å². The molecule has 10 nitrogen and oxygen atoms in total. The second kappa shape index (κ2) is 16.7. The van der Waals surface area contributed by atoms with Gasteiger partial charge in [0.05, 0.1) is 24.3 Å². The third-order valence-corrected chi connectivity index (χ3v) is 7.24. The van der Waals surface area contributed by atoms with Gasteiger partial charge < -0.3 is 25.3 Å². The molecule has 0 heterocycles. The Hall–Kier alpha value is -4.90. The van der Waals surface area contributed by atoms with Crippen molar-refractivity contribution < 1.29 is 33.4 Å². The number of carbonyl (C=O) groups is 4. The van der Waals surface area contributed by atoms with Crippen molar-refractivity contribution in [2.24, 2.45) is 5.73 Å². The number of nitrogens with one attached hydrogen (secondary N) is 2. The zero-order valence-electron chi connectivity index (χ0n) is 24.8. The second-order valence-corrected chi connectivity index (χ2v) is 10.5. The van der Waals surface area contributed by atoms with E-state index in [4.69, 9.17) is 25.4 Å². The molecule has 3 rings (SSSR count). The van der Waals surface area contributed by atoms with Gasteiger partial charge in [-0.2, -0.15) is 11.8 Å². The summed E-state index contributed by atoms with van der Waals surface area (Å²) in [4.78, 5) is 50.1. The molecule has 0 bridgehead atoms. The number of nitrogens with two attached hydrogens (primary N) is 1. The van der Waals surface area contributed by atoms with Crippen LogP contribution in [0, 0.1) is 5.41 Å². The van der Waals surface area contributed by atoms with Gasteiger partial charge in [-0.05, 0) is 86.5 Å². The lowest BCUT2D eigenvalue weighted by molar-refractivity contribution is -0.146. The van der Waals surface area contributed by atoms with Crippen molar-refractivity contribution in [3.8, 4) is 5.75 Å². The van der Waals surface area contributed by atoms with Crippen LogP contribution in [0.4, 0.5) is 0 Å². The van der Waals surface area contributed by atoms with Crippen molar-refractivity contribution in [2.75, 3.05) is 19.0 Å². The van der Waals surface area contributed by atoms with Gasteiger partial charge in [0.25, 0.3) is 0 Å². The van der Waals surface area contributed by atoms with Crippen molar-refractivity contribution in [3.05, 3.63) is 106 Å². The first kappa shape index (κ1) is 33.6. The number of hydrogen-bond donors (Lipinski definition) is 3. The molecule has 0 saturated heterocycles. The fraction of sp³-hybridized carbons (Fsp3) is 0.242. The van der Waals surface area contributed by atoms with Gasteiger partial charge in [0.2, 0.25) is 5.91 Å². The molecule has 1 atom stereocenters. The van der Waals surface area contributed by atoms with Gasteiger partial charge in [-0.1, -0.05) is 24.3 Å². The van der Waals surface area contributed by atoms with E-state index in [1.807, 2.05) is 6.07 Å². The molecular weight excluding hydrogens is 582 g/mol. The highest BCUT2D eigenvalue weighted by atomic mass is 32.2. The highest BCUT2D eigenvalue weighted by molar-refractivity contribution is 7.98. The zero-order chi connectivity index (χ0) is 32.1. The first-order chi connectivity index (χ1) is 21.1. The van der Waals surface area contributed by atoms with Crippen LogP contribution in [0.5, 0.6) is 5.75 Å². The summed E-state index contributed by atoms with van der Waals surface area (Å²) in [7, 11) is 0. The molecule has 1 amide bonds. The van der Waals surface area contributed by atoms with Gasteiger partial charge in [-0.3, -0.25) is 10.2 Å². The van der Waals surface area contributed by atoms with E-state index in [9.17, 15) is 19.2 Å². The van der Waals surface area contributed by atoms with E-state index in [1.54, 1.807) is 93.6 Å². The van der Waals surface area contributed by atoms with Crippen LogP contribution in [0.25, 0.3) is 6.08 Å². The molecule has 0 fully saturated rings. The summed E-state index contributed by atoms with van der Waals surface area (Å²) < 4.78 is 15.6. The maximum Gasteiger partial charge on any atom is 0.343 e. The molecule has 44 heavy (non-hydrogen) atoms. The van der Waals surface area contributed by atoms with Crippen molar-refractivity contribution in [1.29, 1.82) is 5.41 Å². The number of ether oxygens (including phenoxy) is 3. The number of amidine groups is 1. The van der Waals surface area contributed by atoms with Gasteiger partial charge in [0.15, 0.2) is 0 Å². The Bertz CT molecular complexity index is 1520. The summed E-state index contributed by atoms with van der Waals surface area (Å²) >= 11 is 1.42. The van der Waals surface area contributed by atoms with Crippen LogP contribution in [-0.4, -0.2) is 54.7 Å². The number of nitrogen functional groups attached to an aromatic ring is 1. The lowest BCUT2D eigenvalue weighted by Crippen LogP contribution is -2.44. The first-order valence-corrected chi connectivity index (χ1v) is 15.0. The average molecular weight is 618 g/mol. The van der Waals surface area contributed by atoms with Gasteiger partial charge in [-0.25, -0.2) is 14.4 Å². The Morgan fingerprint density at radius 2 is 1.55 bits per heavy atom. The largest absolute Gasteiger partial charge is 0.464 e. The van der Waals surface area contributed by atoms with Crippen LogP contribution in [0.15, 0.2) is 78.4 Å². The van der Waals surface area contributed by atoms with E-state index < -0.39 is 29.9 Å². The number of amides is 1. The number of carbonyl (C=O) groups excluding carboxylic acids is 4. The maximum atomic E-state index is 13.0. The highest BCUT2D eigenvalue weighted by Crippen LogP contribution is 2.18. The van der Waals surface area contributed by atoms with E-state index >= 15 is 0 Å². The lowest BCUT2D eigenvalue weighted by Gasteiger charge is -2.17. The molecule has 0 aliphatic heterocycles. The van der Waals surface area contributed by atoms with Crippen LogP contribution >= 0.6 is 11.8 Å². The highest BCUT2D eigenvalue weighted by Gasteiger charge is 2.23. The predicted molar refractivity (Wildman–Crippen MR) is 170 cm³/mol. The third-order valence-electron chi connectivity index (χ3n) is 6.13. The van der Waals surface area contributed by atoms with Crippen LogP contribution in [0.3, 0.4) is 0 Å². The molecule has 4 N–H and O–H groups in total. The Kier molecular flexibility index (Phi) is 12.7. The smallest absolute Gasteiger partial charge is 0.343 e. The van der Waals surface area contributed by atoms with Gasteiger partial charge in [0, 0.05) is 22.6 Å². The standard InChI is InChI=1S/C33H35N3O7S/c1-4-41-31(38)26-8-6-7-23(18-26)19-44-20-28(33(40)42-5-2)36-30(37)21(3)17-22-9-11-25(12-10-22)32(39)43-27-15-13-24(14-16-27)29(34)35/h6-18,28H,4-5,19-20H2,1-3H3,(H3,34,35)(H,36,37)/t28-/m0/s1. The molecule has 0 spiro atoms. The molecule has 11 heteroatoms. The summed E-state index contributed by atoms with van der Waals surface area (Å²) in [6.07, 6.45) is 1.64. The Balaban J connectivity index is 1.59. The summed E-state index contributed by atoms with van der Waals surface area (Å²) in [6.45, 7) is 5.52. The number of rotatable bonds is 14. The van der Waals surface area contributed by atoms with Crippen LogP contribution in [0.2, 0.25) is 0 Å². The fourth-order valence-corrected chi connectivity index (χ4v) is 4.87. The van der Waals surface area contributed by atoms with Gasteiger partial charge in [0.1, 0.15) is 17.6 Å². The monoisotopic (exact) mass is 617 g/mol. The summed E-state index contributed by atoms with van der Waals surface area (Å²) in [6, 6.07) is 19.0. The molecule has 0 unspecified atom stereocenters. The molecule has 3 aromatic rings. The zero-order valence-corrected chi connectivity index (χ0v) is 25.6. The number of thioether (sulfide) groups is 1. The van der Waals surface area contributed by atoms with Crippen molar-refractivity contribution in [2.45, 2.75) is 32.6 Å². The van der Waals surface area contributed by atoms with E-state index in [1.165, 1.54) is 11.8 Å². The molecule has 230 valence electrons. The molecule has 3 aromatic carbocycles. The number of benzene rings is 3. The number of esters is 3. The summed E-state index contributed by atoms with van der Waals surface area (Å²) in [5.74, 6) is -0.942. The average Bonchev–Trinajstić information content (AvgIpc) is 3.01. The Morgan fingerprint density at radius 1 is 0.886 bits per heavy atom. The van der Waals surface area contributed by atoms with E-state index in [0.29, 0.717) is 39.3 Å². The topological polar surface area (TPSA) is 158 Å². The minimum atomic E-state index is -0.884. The molecule has 0 saturated carbocycles. The van der Waals surface area contributed by atoms with E-state index in [-0.39, 0.29) is 24.8 Å². The Labute approximate surface area is 260 Å². The van der Waals surface area contributed by atoms with Crippen molar-refractivity contribution in [1.82, 2.24) is 5.32 Å². The van der Waals surface area contributed by atoms with Crippen LogP contribution in [-0.2, 0) is 24.8 Å². The minimum absolute atomic E-state index is 0.0825. The van der Waals surface area contributed by atoms with Crippen LogP contribution in [0.1, 0.15) is 58.2 Å². The molecule has 0 aliphatic carbocycles. The summed E-state index contributed by atoms with van der Waals surface area (Å²) in [5.41, 5.74) is 8.63. The summed E-state index contributed by atoms with van der Waals surface area (Å²) in [5, 5.41) is 10.2. The van der Waals surface area contributed by atoms with Crippen molar-refractivity contribution >= 4 is 47.5 Å². The first-order valence-electron chi connectivity index (χ1n) is 13.9. The molecule has 0 radical (unpaired) electrons. The normalized spacial score (nSPS) is 11.7. The molecule has 0 aliphatic rings. The number of hydrogen-bond acceptors (Lipinski definition) is 9. The molecular formula is C33H35N3O7S. The van der Waals surface area contributed by atoms with Gasteiger partial charge >= 0.3 is 17.9 Å². The minimum Gasteiger partial charge on any atom is -0.464 e. The third kappa shape index (κ3) is 10.1. The Morgan fingerprint density at radius 3 is 2.18 bits per heavy atom. The maximum absolute atomic E-state index is 13.0. The van der Waals surface area contributed by atoms with Crippen LogP contribution < -0.4 is 15.8 Å². The quantitative estimate of drug-likeness (QED) is 0.0763. The predicted octanol–water partition coefficient (Wildman–Crippen LogP) is 4.75. The van der Waals surface area contributed by atoms with Crippen molar-refractivity contribution in [3.63, 3.8) is 0 Å². The lowest BCUT2D eigenvalue weighted by atomic mass is 10.1. The fourth-order valence-electron chi connectivity index (χ4n) is 3.88. The molecule has 0 aromatic heterocycles. The second-order valence-electron chi connectivity index (χ2n) is 9.49. The van der Waals surface area contributed by atoms with Gasteiger partial charge in [-0.15, -0.1) is 0 Å². The van der Waals surface area contributed by atoms with E-state index in [0.717, 1.165) is 5.56 Å². The SMILES string of the molecule is CCOC(=O)c1cccc(CSC[C@H](NC(=O)C(C)=Cc2ccc(C(=O)Oc3ccc(C(=N)N)cc3)cc2)C(=O)OCC)c1.